The van der Waals surface area contributed by atoms with E-state index < -0.39 is 5.92 Å². The molecule has 2 heterocycles. The van der Waals surface area contributed by atoms with Gasteiger partial charge in [0, 0.05) is 39.0 Å². The minimum absolute atomic E-state index is 0.00631. The maximum Gasteiger partial charge on any atom is 0.226 e. The van der Waals surface area contributed by atoms with Crippen molar-refractivity contribution in [2.24, 2.45) is 5.92 Å². The van der Waals surface area contributed by atoms with Crippen LogP contribution in [0.5, 0.6) is 5.75 Å². The van der Waals surface area contributed by atoms with Gasteiger partial charge in [0.15, 0.2) is 0 Å². The van der Waals surface area contributed by atoms with E-state index in [0.29, 0.717) is 26.1 Å². The molecule has 2 fully saturated rings. The number of amides is 3. The first-order valence-corrected chi connectivity index (χ1v) is 9.54. The Morgan fingerprint density at radius 2 is 1.96 bits per heavy atom. The molecule has 2 aliphatic heterocycles. The van der Waals surface area contributed by atoms with E-state index in [2.05, 4.69) is 5.32 Å². The Morgan fingerprint density at radius 1 is 1.22 bits per heavy atom. The number of carbonyl (C=O) groups excluding carboxylic acids is 3. The molecule has 3 amide bonds. The fourth-order valence-electron chi connectivity index (χ4n) is 4.00. The van der Waals surface area contributed by atoms with Crippen molar-refractivity contribution in [2.75, 3.05) is 33.3 Å². The molecule has 0 spiro atoms. The van der Waals surface area contributed by atoms with Gasteiger partial charge in [-0.05, 0) is 31.0 Å². The van der Waals surface area contributed by atoms with Gasteiger partial charge in [0.1, 0.15) is 5.75 Å². The monoisotopic (exact) mass is 373 g/mol. The van der Waals surface area contributed by atoms with Gasteiger partial charge < -0.3 is 19.9 Å². The highest BCUT2D eigenvalue weighted by molar-refractivity contribution is 5.90. The Bertz CT molecular complexity index is 704. The molecule has 7 heteroatoms. The molecule has 1 N–H and O–H groups in total. The fraction of sp³-hybridized carbons (Fsp3) is 0.550. The second-order valence-electron chi connectivity index (χ2n) is 6.98. The van der Waals surface area contributed by atoms with Crippen LogP contribution in [0.15, 0.2) is 24.3 Å². The van der Waals surface area contributed by atoms with Gasteiger partial charge in [0.2, 0.25) is 17.7 Å². The third-order valence-corrected chi connectivity index (χ3v) is 5.42. The van der Waals surface area contributed by atoms with Crippen LogP contribution in [0.1, 0.15) is 37.8 Å². The number of nitrogens with zero attached hydrogens (tertiary/aromatic N) is 2. The SMILES string of the molecule is CCN1C(=O)C[C@@H](C(=O)NCCN2CCCC2=O)[C@@H]1c1ccc(OC)cc1. The molecule has 2 aliphatic rings. The molecule has 0 unspecified atom stereocenters. The minimum atomic E-state index is -0.430. The summed E-state index contributed by atoms with van der Waals surface area (Å²) in [6.07, 6.45) is 1.68. The number of carbonyl (C=O) groups is 3. The summed E-state index contributed by atoms with van der Waals surface area (Å²) >= 11 is 0. The smallest absolute Gasteiger partial charge is 0.226 e. The number of rotatable bonds is 7. The molecule has 27 heavy (non-hydrogen) atoms. The van der Waals surface area contributed by atoms with Crippen molar-refractivity contribution in [1.82, 2.24) is 15.1 Å². The van der Waals surface area contributed by atoms with Crippen molar-refractivity contribution in [1.29, 1.82) is 0 Å². The summed E-state index contributed by atoms with van der Waals surface area (Å²) in [5.41, 5.74) is 0.929. The Hall–Kier alpha value is -2.57. The molecular weight excluding hydrogens is 346 g/mol. The molecule has 0 bridgehead atoms. The molecule has 1 aromatic rings. The van der Waals surface area contributed by atoms with Crippen LogP contribution in [0.3, 0.4) is 0 Å². The first kappa shape index (κ1) is 19.2. The predicted molar refractivity (Wildman–Crippen MR) is 100 cm³/mol. The van der Waals surface area contributed by atoms with Crippen LogP contribution in [0.2, 0.25) is 0 Å². The number of hydrogen-bond acceptors (Lipinski definition) is 4. The zero-order chi connectivity index (χ0) is 19.4. The van der Waals surface area contributed by atoms with E-state index in [1.807, 2.05) is 31.2 Å². The van der Waals surface area contributed by atoms with Crippen LogP contribution in [0, 0.1) is 5.92 Å². The van der Waals surface area contributed by atoms with Gasteiger partial charge in [-0.25, -0.2) is 0 Å². The Morgan fingerprint density at radius 3 is 2.56 bits per heavy atom. The number of hydrogen-bond donors (Lipinski definition) is 1. The summed E-state index contributed by atoms with van der Waals surface area (Å²) in [7, 11) is 1.60. The van der Waals surface area contributed by atoms with E-state index >= 15 is 0 Å². The third-order valence-electron chi connectivity index (χ3n) is 5.42. The largest absolute Gasteiger partial charge is 0.497 e. The van der Waals surface area contributed by atoms with Crippen molar-refractivity contribution in [3.05, 3.63) is 29.8 Å². The molecule has 3 rings (SSSR count). The van der Waals surface area contributed by atoms with E-state index in [9.17, 15) is 14.4 Å². The maximum atomic E-state index is 12.8. The van der Waals surface area contributed by atoms with Gasteiger partial charge in [-0.3, -0.25) is 14.4 Å². The summed E-state index contributed by atoms with van der Waals surface area (Å²) in [4.78, 5) is 40.4. The number of ether oxygens (including phenoxy) is 1. The minimum Gasteiger partial charge on any atom is -0.497 e. The Labute approximate surface area is 159 Å². The van der Waals surface area contributed by atoms with E-state index in [-0.39, 0.29) is 30.2 Å². The van der Waals surface area contributed by atoms with Gasteiger partial charge in [-0.2, -0.15) is 0 Å². The van der Waals surface area contributed by atoms with Gasteiger partial charge in [0.05, 0.1) is 19.1 Å². The van der Waals surface area contributed by atoms with Gasteiger partial charge in [-0.1, -0.05) is 12.1 Å². The molecule has 0 aromatic heterocycles. The van der Waals surface area contributed by atoms with Crippen molar-refractivity contribution >= 4 is 17.7 Å². The maximum absolute atomic E-state index is 12.8. The van der Waals surface area contributed by atoms with Gasteiger partial charge >= 0.3 is 0 Å². The zero-order valence-electron chi connectivity index (χ0n) is 15.9. The Balaban J connectivity index is 1.68. The van der Waals surface area contributed by atoms with Crippen LogP contribution in [0.4, 0.5) is 0 Å². The average Bonchev–Trinajstić information content (AvgIpc) is 3.24. The van der Waals surface area contributed by atoms with Crippen LogP contribution < -0.4 is 10.1 Å². The molecule has 0 radical (unpaired) electrons. The first-order valence-electron chi connectivity index (χ1n) is 9.54. The lowest BCUT2D eigenvalue weighted by Crippen LogP contribution is -2.40. The van der Waals surface area contributed by atoms with E-state index in [4.69, 9.17) is 4.74 Å². The summed E-state index contributed by atoms with van der Waals surface area (Å²) < 4.78 is 5.20. The standard InChI is InChI=1S/C20H27N3O4/c1-3-23-18(25)13-16(19(23)14-6-8-15(27-2)9-7-14)20(26)21-10-12-22-11-4-5-17(22)24/h6-9,16,19H,3-5,10-13H2,1-2H3,(H,21,26)/t16-,19+/m1/s1. The van der Waals surface area contributed by atoms with Crippen molar-refractivity contribution in [2.45, 2.75) is 32.2 Å². The van der Waals surface area contributed by atoms with Crippen molar-refractivity contribution in [3.8, 4) is 5.75 Å². The average molecular weight is 373 g/mol. The molecule has 7 nitrogen and oxygen atoms in total. The Kier molecular flexibility index (Phi) is 5.98. The number of benzene rings is 1. The van der Waals surface area contributed by atoms with Crippen LogP contribution in [-0.2, 0) is 14.4 Å². The summed E-state index contributed by atoms with van der Waals surface area (Å²) in [6.45, 7) is 4.18. The van der Waals surface area contributed by atoms with Crippen molar-refractivity contribution in [3.63, 3.8) is 0 Å². The first-order chi connectivity index (χ1) is 13.0. The second-order valence-corrected chi connectivity index (χ2v) is 6.98. The van der Waals surface area contributed by atoms with Crippen LogP contribution in [0.25, 0.3) is 0 Å². The second kappa shape index (κ2) is 8.41. The zero-order valence-corrected chi connectivity index (χ0v) is 15.9. The van der Waals surface area contributed by atoms with Crippen LogP contribution in [-0.4, -0.2) is 60.8 Å². The molecule has 146 valence electrons. The lowest BCUT2D eigenvalue weighted by atomic mass is 9.92. The fourth-order valence-corrected chi connectivity index (χ4v) is 4.00. The lowest BCUT2D eigenvalue weighted by Gasteiger charge is -2.27. The van der Waals surface area contributed by atoms with Crippen LogP contribution >= 0.6 is 0 Å². The van der Waals surface area contributed by atoms with Gasteiger partial charge in [-0.15, -0.1) is 0 Å². The normalized spacial score (nSPS) is 22.4. The molecule has 1 aromatic carbocycles. The molecular formula is C20H27N3O4. The predicted octanol–water partition coefficient (Wildman–Crippen LogP) is 1.34. The van der Waals surface area contributed by atoms with Crippen molar-refractivity contribution < 1.29 is 19.1 Å². The van der Waals surface area contributed by atoms with E-state index in [1.165, 1.54) is 0 Å². The number of likely N-dealkylation sites (tertiary alicyclic amines) is 2. The number of methoxy groups -OCH3 is 1. The summed E-state index contributed by atoms with van der Waals surface area (Å²) in [6, 6.07) is 7.24. The summed E-state index contributed by atoms with van der Waals surface area (Å²) in [5.74, 6) is 0.316. The quantitative estimate of drug-likeness (QED) is 0.782. The topological polar surface area (TPSA) is 79.0 Å². The highest BCUT2D eigenvalue weighted by Crippen LogP contribution is 2.38. The highest BCUT2D eigenvalue weighted by Gasteiger charge is 2.43. The molecule has 2 saturated heterocycles. The summed E-state index contributed by atoms with van der Waals surface area (Å²) in [5, 5.41) is 2.92. The molecule has 0 aliphatic carbocycles. The highest BCUT2D eigenvalue weighted by atomic mass is 16.5. The van der Waals surface area contributed by atoms with E-state index in [0.717, 1.165) is 24.3 Å². The molecule has 0 saturated carbocycles. The third kappa shape index (κ3) is 4.07. The van der Waals surface area contributed by atoms with Gasteiger partial charge in [0.25, 0.3) is 0 Å². The lowest BCUT2D eigenvalue weighted by molar-refractivity contribution is -0.129. The number of nitrogens with one attached hydrogen (secondary N) is 1. The molecule has 2 atom stereocenters. The van der Waals surface area contributed by atoms with E-state index in [1.54, 1.807) is 16.9 Å².